The van der Waals surface area contributed by atoms with Crippen molar-refractivity contribution in [1.29, 1.82) is 0 Å². The molecule has 1 fully saturated rings. The second-order valence-electron chi connectivity index (χ2n) is 5.21. The number of amides is 2. The molecule has 0 aromatic heterocycles. The van der Waals surface area contributed by atoms with Crippen molar-refractivity contribution >= 4 is 50.6 Å². The summed E-state index contributed by atoms with van der Waals surface area (Å²) < 4.78 is 0.911. The maximum absolute atomic E-state index is 12.5. The molecule has 2 aromatic rings. The van der Waals surface area contributed by atoms with E-state index in [1.807, 2.05) is 24.3 Å². The molecule has 6 nitrogen and oxygen atoms in total. The molecule has 2 aromatic carbocycles. The van der Waals surface area contributed by atoms with E-state index in [1.54, 1.807) is 24.3 Å². The molecule has 0 aliphatic carbocycles. The number of nitrogens with zero attached hydrogens (tertiary/aromatic N) is 2. The molecule has 8 heteroatoms. The molecule has 0 N–H and O–H groups in total. The lowest BCUT2D eigenvalue weighted by atomic mass is 10.1. The number of halogens is 1. The third-order valence-electron chi connectivity index (χ3n) is 3.56. The Morgan fingerprint density at radius 3 is 2.48 bits per heavy atom. The Hall–Kier alpha value is -2.45. The summed E-state index contributed by atoms with van der Waals surface area (Å²) in [6, 6.07) is 13.4. The highest BCUT2D eigenvalue weighted by atomic mass is 79.9. The monoisotopic (exact) mass is 418 g/mol. The number of nitro benzene ring substituents is 1. The van der Waals surface area contributed by atoms with E-state index in [0.717, 1.165) is 26.7 Å². The van der Waals surface area contributed by atoms with Crippen LogP contribution in [0.15, 0.2) is 57.9 Å². The highest BCUT2D eigenvalue weighted by Crippen LogP contribution is 2.34. The first-order valence-corrected chi connectivity index (χ1v) is 8.80. The fraction of sp³-hybridized carbons (Fsp3) is 0.0588. The second kappa shape index (κ2) is 7.20. The fourth-order valence-electron chi connectivity index (χ4n) is 2.34. The maximum atomic E-state index is 12.5. The molecule has 0 bridgehead atoms. The SMILES string of the molecule is O=C1S/C(=C/c2ccc(Br)cc2)C(=O)N1Cc1ccccc1[N+](=O)[O-]. The predicted molar refractivity (Wildman–Crippen MR) is 98.8 cm³/mol. The molecule has 1 aliphatic rings. The largest absolute Gasteiger partial charge is 0.293 e. The van der Waals surface area contributed by atoms with Crippen molar-refractivity contribution in [3.63, 3.8) is 0 Å². The van der Waals surface area contributed by atoms with Crippen LogP contribution in [-0.2, 0) is 11.3 Å². The number of thioether (sulfide) groups is 1. The summed E-state index contributed by atoms with van der Waals surface area (Å²) in [5.41, 5.74) is 0.998. The number of imide groups is 1. The third kappa shape index (κ3) is 3.80. The summed E-state index contributed by atoms with van der Waals surface area (Å²) in [6.07, 6.45) is 1.64. The van der Waals surface area contributed by atoms with E-state index in [4.69, 9.17) is 0 Å². The lowest BCUT2D eigenvalue weighted by molar-refractivity contribution is -0.385. The first-order valence-electron chi connectivity index (χ1n) is 7.19. The van der Waals surface area contributed by atoms with Crippen LogP contribution in [0.2, 0.25) is 0 Å². The molecule has 0 saturated carbocycles. The van der Waals surface area contributed by atoms with Gasteiger partial charge in [0.25, 0.3) is 16.8 Å². The highest BCUT2D eigenvalue weighted by molar-refractivity contribution is 9.10. The minimum Gasteiger partial charge on any atom is -0.268 e. The first kappa shape index (κ1) is 17.4. The summed E-state index contributed by atoms with van der Waals surface area (Å²) in [6.45, 7) is -0.125. The van der Waals surface area contributed by atoms with Crippen LogP contribution < -0.4 is 0 Å². The van der Waals surface area contributed by atoms with Gasteiger partial charge in [0, 0.05) is 16.1 Å². The number of benzene rings is 2. The maximum Gasteiger partial charge on any atom is 0.293 e. The van der Waals surface area contributed by atoms with Gasteiger partial charge in [0.05, 0.1) is 16.4 Å². The standard InChI is InChI=1S/C17H11BrN2O4S/c18-13-7-5-11(6-8-13)9-15-16(21)19(17(22)25-15)10-12-3-1-2-4-14(12)20(23)24/h1-9H,10H2/b15-9+. The van der Waals surface area contributed by atoms with Gasteiger partial charge >= 0.3 is 0 Å². The summed E-state index contributed by atoms with van der Waals surface area (Å²) >= 11 is 4.17. The molecule has 0 radical (unpaired) electrons. The predicted octanol–water partition coefficient (Wildman–Crippen LogP) is 4.59. The number of rotatable bonds is 4. The summed E-state index contributed by atoms with van der Waals surface area (Å²) in [5.74, 6) is -0.448. The average Bonchev–Trinajstić information content (AvgIpc) is 2.85. The zero-order chi connectivity index (χ0) is 18.0. The third-order valence-corrected chi connectivity index (χ3v) is 4.99. The van der Waals surface area contributed by atoms with Crippen molar-refractivity contribution in [1.82, 2.24) is 4.90 Å². The van der Waals surface area contributed by atoms with Crippen molar-refractivity contribution in [2.75, 3.05) is 0 Å². The Morgan fingerprint density at radius 2 is 1.80 bits per heavy atom. The Morgan fingerprint density at radius 1 is 1.12 bits per heavy atom. The van der Waals surface area contributed by atoms with Crippen LogP contribution in [0.3, 0.4) is 0 Å². The first-order chi connectivity index (χ1) is 12.0. The van der Waals surface area contributed by atoms with E-state index in [9.17, 15) is 19.7 Å². The summed E-state index contributed by atoms with van der Waals surface area (Å²) in [5, 5.41) is 10.6. The van der Waals surface area contributed by atoms with Crippen molar-refractivity contribution in [2.45, 2.75) is 6.54 Å². The van der Waals surface area contributed by atoms with Gasteiger partial charge in [0.2, 0.25) is 0 Å². The van der Waals surface area contributed by atoms with Gasteiger partial charge in [-0.25, -0.2) is 0 Å². The molecule has 25 heavy (non-hydrogen) atoms. The summed E-state index contributed by atoms with van der Waals surface area (Å²) in [4.78, 5) is 36.6. The van der Waals surface area contributed by atoms with Crippen LogP contribution in [0, 0.1) is 10.1 Å². The van der Waals surface area contributed by atoms with Gasteiger partial charge in [-0.2, -0.15) is 0 Å². The smallest absolute Gasteiger partial charge is 0.268 e. The fourth-order valence-corrected chi connectivity index (χ4v) is 3.44. The number of nitro groups is 1. The molecule has 126 valence electrons. The highest BCUT2D eigenvalue weighted by Gasteiger charge is 2.36. The molecule has 3 rings (SSSR count). The van der Waals surface area contributed by atoms with Crippen LogP contribution >= 0.6 is 27.7 Å². The zero-order valence-corrected chi connectivity index (χ0v) is 15.1. The van der Waals surface area contributed by atoms with Crippen molar-refractivity contribution < 1.29 is 14.5 Å². The average molecular weight is 419 g/mol. The van der Waals surface area contributed by atoms with E-state index in [0.29, 0.717) is 10.5 Å². The number of hydrogen-bond donors (Lipinski definition) is 0. The lowest BCUT2D eigenvalue weighted by Crippen LogP contribution is -2.27. The van der Waals surface area contributed by atoms with Crippen molar-refractivity contribution in [2.24, 2.45) is 0 Å². The topological polar surface area (TPSA) is 80.5 Å². The van der Waals surface area contributed by atoms with Gasteiger partial charge in [0.15, 0.2) is 0 Å². The molecule has 1 aliphatic heterocycles. The minimum absolute atomic E-state index is 0.113. The van der Waals surface area contributed by atoms with Crippen LogP contribution in [-0.4, -0.2) is 21.0 Å². The van der Waals surface area contributed by atoms with Gasteiger partial charge in [0.1, 0.15) is 0 Å². The van der Waals surface area contributed by atoms with Crippen LogP contribution in [0.4, 0.5) is 10.5 Å². The molecule has 1 saturated heterocycles. The normalized spacial score (nSPS) is 15.9. The lowest BCUT2D eigenvalue weighted by Gasteiger charge is -2.12. The van der Waals surface area contributed by atoms with Crippen molar-refractivity contribution in [3.8, 4) is 0 Å². The minimum atomic E-state index is -0.522. The molecule has 1 heterocycles. The Labute approximate surface area is 155 Å². The Bertz CT molecular complexity index is 896. The molecule has 0 spiro atoms. The van der Waals surface area contributed by atoms with Crippen LogP contribution in [0.1, 0.15) is 11.1 Å². The van der Waals surface area contributed by atoms with Crippen molar-refractivity contribution in [3.05, 3.63) is 79.2 Å². The number of hydrogen-bond acceptors (Lipinski definition) is 5. The number of carbonyl (C=O) groups excluding carboxylic acids is 2. The van der Waals surface area contributed by atoms with E-state index in [2.05, 4.69) is 15.9 Å². The van der Waals surface area contributed by atoms with Crippen LogP contribution in [0.25, 0.3) is 6.08 Å². The summed E-state index contributed by atoms with van der Waals surface area (Å²) in [7, 11) is 0. The molecular formula is C17H11BrN2O4S. The molecule has 0 atom stereocenters. The quantitative estimate of drug-likeness (QED) is 0.411. The van der Waals surface area contributed by atoms with E-state index in [-0.39, 0.29) is 12.2 Å². The number of carbonyl (C=O) groups is 2. The second-order valence-corrected chi connectivity index (χ2v) is 7.11. The van der Waals surface area contributed by atoms with Gasteiger partial charge in [-0.05, 0) is 35.5 Å². The zero-order valence-electron chi connectivity index (χ0n) is 12.7. The van der Waals surface area contributed by atoms with Crippen LogP contribution in [0.5, 0.6) is 0 Å². The molecule has 2 amide bonds. The van der Waals surface area contributed by atoms with Gasteiger partial charge in [-0.1, -0.05) is 46.3 Å². The van der Waals surface area contributed by atoms with E-state index >= 15 is 0 Å². The Balaban J connectivity index is 1.85. The molecule has 0 unspecified atom stereocenters. The van der Waals surface area contributed by atoms with Gasteiger partial charge < -0.3 is 0 Å². The van der Waals surface area contributed by atoms with Gasteiger partial charge in [-0.15, -0.1) is 0 Å². The molecular weight excluding hydrogens is 408 g/mol. The van der Waals surface area contributed by atoms with E-state index in [1.165, 1.54) is 6.07 Å². The van der Waals surface area contributed by atoms with E-state index < -0.39 is 16.1 Å². The Kier molecular flexibility index (Phi) is 5.00. The number of para-hydroxylation sites is 1. The van der Waals surface area contributed by atoms with Gasteiger partial charge in [-0.3, -0.25) is 24.6 Å².